The van der Waals surface area contributed by atoms with Crippen LogP contribution in [0, 0.1) is 12.7 Å². The Morgan fingerprint density at radius 3 is 3.09 bits per heavy atom. The Morgan fingerprint density at radius 1 is 1.41 bits per heavy atom. The molecule has 1 amide bonds. The van der Waals surface area contributed by atoms with E-state index in [1.807, 2.05) is 0 Å². The molecule has 116 valence electrons. The van der Waals surface area contributed by atoms with Crippen molar-refractivity contribution in [2.24, 2.45) is 0 Å². The van der Waals surface area contributed by atoms with E-state index in [4.69, 9.17) is 0 Å². The van der Waals surface area contributed by atoms with Crippen LogP contribution in [0.4, 0.5) is 4.39 Å². The first kappa shape index (κ1) is 15.2. The Kier molecular flexibility index (Phi) is 4.55. The molecule has 3 nitrogen and oxygen atoms in total. The second kappa shape index (κ2) is 6.58. The molecular formula is C17H19FN2OS. The number of fused-ring (bicyclic) bond motifs is 1. The van der Waals surface area contributed by atoms with Gasteiger partial charge in [-0.1, -0.05) is 12.1 Å². The molecule has 0 unspecified atom stereocenters. The van der Waals surface area contributed by atoms with Crippen molar-refractivity contribution in [2.45, 2.75) is 26.4 Å². The van der Waals surface area contributed by atoms with Crippen molar-refractivity contribution < 1.29 is 9.18 Å². The van der Waals surface area contributed by atoms with Gasteiger partial charge in [0.05, 0.1) is 6.54 Å². The molecule has 0 saturated heterocycles. The van der Waals surface area contributed by atoms with Gasteiger partial charge in [0.2, 0.25) is 5.91 Å². The van der Waals surface area contributed by atoms with E-state index in [1.54, 1.807) is 30.4 Å². The number of nitrogens with one attached hydrogen (secondary N) is 1. The summed E-state index contributed by atoms with van der Waals surface area (Å²) < 4.78 is 13.2. The van der Waals surface area contributed by atoms with Gasteiger partial charge in [-0.25, -0.2) is 4.39 Å². The van der Waals surface area contributed by atoms with E-state index < -0.39 is 0 Å². The van der Waals surface area contributed by atoms with Crippen molar-refractivity contribution in [2.75, 3.05) is 13.1 Å². The van der Waals surface area contributed by atoms with Gasteiger partial charge in [0.1, 0.15) is 5.82 Å². The lowest BCUT2D eigenvalue weighted by Crippen LogP contribution is -2.39. The molecule has 0 bridgehead atoms. The third kappa shape index (κ3) is 3.54. The van der Waals surface area contributed by atoms with E-state index in [2.05, 4.69) is 21.7 Å². The summed E-state index contributed by atoms with van der Waals surface area (Å²) in [6.07, 6.45) is 1.03. The quantitative estimate of drug-likeness (QED) is 0.940. The summed E-state index contributed by atoms with van der Waals surface area (Å²) in [5.41, 5.74) is 2.87. The number of rotatable bonds is 4. The first-order valence-electron chi connectivity index (χ1n) is 7.41. The monoisotopic (exact) mass is 318 g/mol. The van der Waals surface area contributed by atoms with Crippen LogP contribution in [-0.2, 0) is 24.3 Å². The number of halogens is 1. The highest BCUT2D eigenvalue weighted by Gasteiger charge is 2.19. The predicted octanol–water partition coefficient (Wildman–Crippen LogP) is 2.87. The van der Waals surface area contributed by atoms with Crippen LogP contribution < -0.4 is 5.32 Å². The average molecular weight is 318 g/mol. The van der Waals surface area contributed by atoms with E-state index in [-0.39, 0.29) is 11.7 Å². The topological polar surface area (TPSA) is 32.3 Å². The standard InChI is InChI=1S/C17H19FN2OS/c1-12-8-13(2-3-15(12)18)9-19-17(21)11-20-6-4-16-14(10-20)5-7-22-16/h2-3,5,7-8H,4,6,9-11H2,1H3,(H,19,21). The van der Waals surface area contributed by atoms with Crippen molar-refractivity contribution in [3.05, 3.63) is 57.0 Å². The van der Waals surface area contributed by atoms with E-state index in [1.165, 1.54) is 16.5 Å². The van der Waals surface area contributed by atoms with Crippen molar-refractivity contribution in [1.29, 1.82) is 0 Å². The summed E-state index contributed by atoms with van der Waals surface area (Å²) in [4.78, 5) is 15.7. The molecule has 0 spiro atoms. The maximum Gasteiger partial charge on any atom is 0.234 e. The number of nitrogens with zero attached hydrogens (tertiary/aromatic N) is 1. The first-order valence-corrected chi connectivity index (χ1v) is 8.29. The zero-order valence-corrected chi connectivity index (χ0v) is 13.4. The Morgan fingerprint density at radius 2 is 2.27 bits per heavy atom. The molecule has 0 radical (unpaired) electrons. The molecule has 1 aromatic heterocycles. The molecule has 2 aromatic rings. The molecule has 0 aliphatic carbocycles. The number of hydrogen-bond acceptors (Lipinski definition) is 3. The molecule has 1 N–H and O–H groups in total. The largest absolute Gasteiger partial charge is 0.351 e. The fourth-order valence-corrected chi connectivity index (χ4v) is 3.61. The van der Waals surface area contributed by atoms with Crippen LogP contribution in [0.25, 0.3) is 0 Å². The zero-order chi connectivity index (χ0) is 15.5. The number of carbonyl (C=O) groups excluding carboxylic acids is 1. The highest BCUT2D eigenvalue weighted by Crippen LogP contribution is 2.23. The predicted molar refractivity (Wildman–Crippen MR) is 86.3 cm³/mol. The van der Waals surface area contributed by atoms with E-state index in [9.17, 15) is 9.18 Å². The van der Waals surface area contributed by atoms with Crippen LogP contribution in [0.15, 0.2) is 29.6 Å². The minimum Gasteiger partial charge on any atom is -0.351 e. The van der Waals surface area contributed by atoms with Gasteiger partial charge in [-0.15, -0.1) is 11.3 Å². The first-order chi connectivity index (χ1) is 10.6. The molecule has 0 fully saturated rings. The molecule has 2 heterocycles. The van der Waals surface area contributed by atoms with Crippen LogP contribution in [0.2, 0.25) is 0 Å². The van der Waals surface area contributed by atoms with Crippen LogP contribution >= 0.6 is 11.3 Å². The smallest absolute Gasteiger partial charge is 0.234 e. The van der Waals surface area contributed by atoms with Gasteiger partial charge < -0.3 is 5.32 Å². The van der Waals surface area contributed by atoms with Crippen molar-refractivity contribution in [1.82, 2.24) is 10.2 Å². The van der Waals surface area contributed by atoms with Crippen molar-refractivity contribution in [3.8, 4) is 0 Å². The van der Waals surface area contributed by atoms with Gasteiger partial charge >= 0.3 is 0 Å². The number of amides is 1. The van der Waals surface area contributed by atoms with Gasteiger partial charge in [-0.2, -0.15) is 0 Å². The van der Waals surface area contributed by atoms with Crippen LogP contribution in [0.3, 0.4) is 0 Å². The Labute approximate surface area is 133 Å². The van der Waals surface area contributed by atoms with E-state index in [0.29, 0.717) is 18.7 Å². The average Bonchev–Trinajstić information content (AvgIpc) is 2.96. The summed E-state index contributed by atoms with van der Waals surface area (Å²) in [7, 11) is 0. The summed E-state index contributed by atoms with van der Waals surface area (Å²) in [5, 5.41) is 5.03. The van der Waals surface area contributed by atoms with E-state index >= 15 is 0 Å². The molecule has 1 aliphatic heterocycles. The Hall–Kier alpha value is -1.72. The molecule has 1 aromatic carbocycles. The van der Waals surface area contributed by atoms with Crippen LogP contribution in [-0.4, -0.2) is 23.9 Å². The highest BCUT2D eigenvalue weighted by molar-refractivity contribution is 7.10. The molecule has 0 atom stereocenters. The third-order valence-corrected chi connectivity index (χ3v) is 4.99. The maximum absolute atomic E-state index is 13.2. The summed E-state index contributed by atoms with van der Waals surface area (Å²) in [6.45, 7) is 4.36. The summed E-state index contributed by atoms with van der Waals surface area (Å²) in [6, 6.07) is 7.07. The normalized spacial score (nSPS) is 14.6. The molecular weight excluding hydrogens is 299 g/mol. The van der Waals surface area contributed by atoms with Gasteiger partial charge in [-0.05, 0) is 47.5 Å². The van der Waals surface area contributed by atoms with Gasteiger partial charge in [0.15, 0.2) is 0 Å². The second-order valence-electron chi connectivity index (χ2n) is 5.69. The number of thiophene rings is 1. The Bertz CT molecular complexity index is 683. The molecule has 0 saturated carbocycles. The maximum atomic E-state index is 13.2. The second-order valence-corrected chi connectivity index (χ2v) is 6.69. The van der Waals surface area contributed by atoms with Crippen molar-refractivity contribution >= 4 is 17.2 Å². The SMILES string of the molecule is Cc1cc(CNC(=O)CN2CCc3sccc3C2)ccc1F. The van der Waals surface area contributed by atoms with E-state index in [0.717, 1.165) is 25.1 Å². The minimum atomic E-state index is -0.213. The minimum absolute atomic E-state index is 0.0145. The van der Waals surface area contributed by atoms with Crippen molar-refractivity contribution in [3.63, 3.8) is 0 Å². The van der Waals surface area contributed by atoms with Gasteiger partial charge in [0.25, 0.3) is 0 Å². The summed E-state index contributed by atoms with van der Waals surface area (Å²) in [5.74, 6) is -0.199. The zero-order valence-electron chi connectivity index (χ0n) is 12.6. The Balaban J connectivity index is 1.50. The number of aryl methyl sites for hydroxylation is 1. The molecule has 22 heavy (non-hydrogen) atoms. The summed E-state index contributed by atoms with van der Waals surface area (Å²) >= 11 is 1.80. The number of benzene rings is 1. The molecule has 5 heteroatoms. The molecule has 1 aliphatic rings. The lowest BCUT2D eigenvalue weighted by molar-refractivity contribution is -0.122. The lowest BCUT2D eigenvalue weighted by atomic mass is 10.1. The van der Waals surface area contributed by atoms with Gasteiger partial charge in [-0.3, -0.25) is 9.69 Å². The number of carbonyl (C=O) groups is 1. The number of hydrogen-bond donors (Lipinski definition) is 1. The van der Waals surface area contributed by atoms with Crippen LogP contribution in [0.1, 0.15) is 21.6 Å². The van der Waals surface area contributed by atoms with Crippen LogP contribution in [0.5, 0.6) is 0 Å². The van der Waals surface area contributed by atoms with Gasteiger partial charge in [0, 0.05) is 24.5 Å². The third-order valence-electron chi connectivity index (χ3n) is 3.97. The fraction of sp³-hybridized carbons (Fsp3) is 0.353. The fourth-order valence-electron chi connectivity index (χ4n) is 2.72. The lowest BCUT2D eigenvalue weighted by Gasteiger charge is -2.26. The molecule has 3 rings (SSSR count). The highest BCUT2D eigenvalue weighted by atomic mass is 32.1.